The Kier molecular flexibility index (Phi) is 5.16. The second-order valence-corrected chi connectivity index (χ2v) is 5.19. The molecule has 0 radical (unpaired) electrons. The molecule has 1 heterocycles. The van der Waals surface area contributed by atoms with Gasteiger partial charge in [0.05, 0.1) is 0 Å². The molecule has 1 aliphatic rings. The van der Waals surface area contributed by atoms with Crippen LogP contribution >= 0.6 is 11.6 Å². The van der Waals surface area contributed by atoms with Gasteiger partial charge in [0.15, 0.2) is 0 Å². The molecule has 112 valence electrons. The number of nitrogens with one attached hydrogen (secondary N) is 1. The van der Waals surface area contributed by atoms with Crippen molar-refractivity contribution in [1.82, 2.24) is 9.80 Å². The zero-order chi connectivity index (χ0) is 15.2. The quantitative estimate of drug-likeness (QED) is 0.665. The van der Waals surface area contributed by atoms with Gasteiger partial charge < -0.3 is 15.1 Å². The highest BCUT2D eigenvalue weighted by Crippen LogP contribution is 2.13. The van der Waals surface area contributed by atoms with E-state index in [-0.39, 0.29) is 18.2 Å². The zero-order valence-electron chi connectivity index (χ0n) is 11.4. The van der Waals surface area contributed by atoms with Crippen LogP contribution in [0.2, 0.25) is 5.02 Å². The molecule has 3 amide bonds. The third-order valence-corrected chi connectivity index (χ3v) is 3.51. The molecule has 1 aromatic rings. The maximum atomic E-state index is 12.0. The number of carbonyl (C=O) groups is 3. The lowest BCUT2D eigenvalue weighted by Gasteiger charge is -2.32. The van der Waals surface area contributed by atoms with Crippen molar-refractivity contribution >= 4 is 35.5 Å². The van der Waals surface area contributed by atoms with Crippen molar-refractivity contribution < 1.29 is 14.4 Å². The van der Waals surface area contributed by atoms with E-state index in [9.17, 15) is 14.4 Å². The number of halogens is 1. The third kappa shape index (κ3) is 4.46. The molecule has 0 aromatic heterocycles. The van der Waals surface area contributed by atoms with E-state index in [2.05, 4.69) is 5.32 Å². The van der Waals surface area contributed by atoms with Crippen LogP contribution in [0.15, 0.2) is 24.3 Å². The van der Waals surface area contributed by atoms with Crippen LogP contribution in [-0.2, 0) is 14.4 Å². The summed E-state index contributed by atoms with van der Waals surface area (Å²) in [5.74, 6) is -0.591. The Morgan fingerprint density at radius 1 is 1.14 bits per heavy atom. The molecule has 7 heteroatoms. The first-order chi connectivity index (χ1) is 10.1. The van der Waals surface area contributed by atoms with E-state index >= 15 is 0 Å². The number of rotatable bonds is 4. The molecule has 1 N–H and O–H groups in total. The van der Waals surface area contributed by atoms with Gasteiger partial charge in [-0.15, -0.1) is 0 Å². The molecule has 0 saturated carbocycles. The monoisotopic (exact) mass is 309 g/mol. The van der Waals surface area contributed by atoms with Gasteiger partial charge in [-0.2, -0.15) is 0 Å². The summed E-state index contributed by atoms with van der Waals surface area (Å²) in [6.07, 6.45) is 0.568. The van der Waals surface area contributed by atoms with Crippen LogP contribution in [-0.4, -0.2) is 54.2 Å². The smallest absolute Gasteiger partial charge is 0.233 e. The van der Waals surface area contributed by atoms with Crippen LogP contribution in [0.5, 0.6) is 0 Å². The second kappa shape index (κ2) is 7.08. The summed E-state index contributed by atoms with van der Waals surface area (Å²) in [7, 11) is 0. The Balaban J connectivity index is 1.81. The van der Waals surface area contributed by atoms with Crippen molar-refractivity contribution in [2.24, 2.45) is 0 Å². The molecule has 0 atom stereocenters. The molecular formula is C14H16ClN3O3. The summed E-state index contributed by atoms with van der Waals surface area (Å²) in [5.41, 5.74) is 0.600. The van der Waals surface area contributed by atoms with Crippen molar-refractivity contribution in [3.8, 4) is 0 Å². The first kappa shape index (κ1) is 15.3. The van der Waals surface area contributed by atoms with Crippen molar-refractivity contribution in [1.29, 1.82) is 0 Å². The van der Waals surface area contributed by atoms with Crippen molar-refractivity contribution in [2.75, 3.05) is 31.5 Å². The number of amides is 3. The number of carbonyl (C=O) groups excluding carboxylic acids is 3. The van der Waals surface area contributed by atoms with Crippen LogP contribution in [0.3, 0.4) is 0 Å². The molecule has 0 spiro atoms. The minimum Gasteiger partial charge on any atom is -0.342 e. The number of benzene rings is 1. The molecule has 0 bridgehead atoms. The summed E-state index contributed by atoms with van der Waals surface area (Å²) in [6, 6.07) is 6.68. The van der Waals surface area contributed by atoms with Crippen LogP contribution in [0.25, 0.3) is 0 Å². The van der Waals surface area contributed by atoms with Crippen LogP contribution < -0.4 is 5.32 Å². The summed E-state index contributed by atoms with van der Waals surface area (Å²) in [6.45, 7) is 1.94. The first-order valence-corrected chi connectivity index (χ1v) is 6.99. The highest BCUT2D eigenvalue weighted by atomic mass is 35.5. The maximum Gasteiger partial charge on any atom is 0.233 e. The SMILES string of the molecule is O=CN1CCN(C(=O)CC(=O)Nc2ccc(Cl)cc2)CC1. The van der Waals surface area contributed by atoms with Crippen molar-refractivity contribution in [3.05, 3.63) is 29.3 Å². The Morgan fingerprint density at radius 2 is 1.76 bits per heavy atom. The van der Waals surface area contributed by atoms with E-state index in [0.29, 0.717) is 36.9 Å². The number of hydrogen-bond acceptors (Lipinski definition) is 3. The fraction of sp³-hybridized carbons (Fsp3) is 0.357. The third-order valence-electron chi connectivity index (χ3n) is 3.26. The highest BCUT2D eigenvalue weighted by molar-refractivity contribution is 6.30. The molecule has 2 rings (SSSR count). The zero-order valence-corrected chi connectivity index (χ0v) is 12.2. The topological polar surface area (TPSA) is 69.7 Å². The maximum absolute atomic E-state index is 12.0. The van der Waals surface area contributed by atoms with Crippen molar-refractivity contribution in [3.63, 3.8) is 0 Å². The molecule has 21 heavy (non-hydrogen) atoms. The minimum absolute atomic E-state index is 0.205. The lowest BCUT2D eigenvalue weighted by atomic mass is 10.2. The summed E-state index contributed by atoms with van der Waals surface area (Å²) >= 11 is 5.76. The number of piperazine rings is 1. The normalized spacial score (nSPS) is 14.7. The van der Waals surface area contributed by atoms with E-state index in [4.69, 9.17) is 11.6 Å². The van der Waals surface area contributed by atoms with E-state index in [1.807, 2.05) is 0 Å². The Morgan fingerprint density at radius 3 is 2.33 bits per heavy atom. The van der Waals surface area contributed by atoms with Gasteiger partial charge in [0.1, 0.15) is 6.42 Å². The lowest BCUT2D eigenvalue weighted by molar-refractivity contribution is -0.137. The van der Waals surface area contributed by atoms with E-state index in [1.165, 1.54) is 0 Å². The van der Waals surface area contributed by atoms with E-state index < -0.39 is 0 Å². The molecule has 6 nitrogen and oxygen atoms in total. The standard InChI is InChI=1S/C14H16ClN3O3/c15-11-1-3-12(4-2-11)16-13(20)9-14(21)18-7-5-17(10-19)6-8-18/h1-4,10H,5-9H2,(H,16,20). The molecular weight excluding hydrogens is 294 g/mol. The van der Waals surface area contributed by atoms with Gasteiger partial charge in [0, 0.05) is 36.9 Å². The number of hydrogen-bond donors (Lipinski definition) is 1. The molecule has 1 aliphatic heterocycles. The van der Waals surface area contributed by atoms with Gasteiger partial charge in [0.2, 0.25) is 18.2 Å². The minimum atomic E-state index is -0.361. The van der Waals surface area contributed by atoms with Gasteiger partial charge >= 0.3 is 0 Å². The molecule has 1 fully saturated rings. The van der Waals surface area contributed by atoms with Gasteiger partial charge in [-0.25, -0.2) is 0 Å². The lowest BCUT2D eigenvalue weighted by Crippen LogP contribution is -2.48. The van der Waals surface area contributed by atoms with E-state index in [0.717, 1.165) is 6.41 Å². The van der Waals surface area contributed by atoms with Gasteiger partial charge in [-0.3, -0.25) is 14.4 Å². The summed E-state index contributed by atoms with van der Waals surface area (Å²) < 4.78 is 0. The highest BCUT2D eigenvalue weighted by Gasteiger charge is 2.21. The van der Waals surface area contributed by atoms with Crippen LogP contribution in [0.1, 0.15) is 6.42 Å². The second-order valence-electron chi connectivity index (χ2n) is 4.75. The molecule has 0 unspecified atom stereocenters. The predicted molar refractivity (Wildman–Crippen MR) is 78.9 cm³/mol. The fourth-order valence-corrected chi connectivity index (χ4v) is 2.19. The predicted octanol–water partition coefficient (Wildman–Crippen LogP) is 0.969. The van der Waals surface area contributed by atoms with Crippen LogP contribution in [0, 0.1) is 0 Å². The Hall–Kier alpha value is -2.08. The molecule has 1 saturated heterocycles. The Labute approximate surface area is 127 Å². The Bertz CT molecular complexity index is 525. The largest absolute Gasteiger partial charge is 0.342 e. The van der Waals surface area contributed by atoms with Crippen molar-refractivity contribution in [2.45, 2.75) is 6.42 Å². The molecule has 1 aromatic carbocycles. The van der Waals surface area contributed by atoms with Gasteiger partial charge in [-0.05, 0) is 24.3 Å². The number of anilines is 1. The van der Waals surface area contributed by atoms with Gasteiger partial charge in [0.25, 0.3) is 0 Å². The molecule has 0 aliphatic carbocycles. The van der Waals surface area contributed by atoms with E-state index in [1.54, 1.807) is 34.1 Å². The average molecular weight is 310 g/mol. The summed E-state index contributed by atoms with van der Waals surface area (Å²) in [4.78, 5) is 37.6. The first-order valence-electron chi connectivity index (χ1n) is 6.61. The fourth-order valence-electron chi connectivity index (χ4n) is 2.06. The average Bonchev–Trinajstić information content (AvgIpc) is 2.49. The van der Waals surface area contributed by atoms with Crippen LogP contribution in [0.4, 0.5) is 5.69 Å². The number of nitrogens with zero attached hydrogens (tertiary/aromatic N) is 2. The summed E-state index contributed by atoms with van der Waals surface area (Å²) in [5, 5.41) is 3.23. The van der Waals surface area contributed by atoms with Gasteiger partial charge in [-0.1, -0.05) is 11.6 Å².